The lowest BCUT2D eigenvalue weighted by Crippen LogP contribution is -2.11. The Kier molecular flexibility index (Phi) is 3.48. The minimum absolute atomic E-state index is 0.407. The Morgan fingerprint density at radius 2 is 2.20 bits per heavy atom. The number of nitrogens with two attached hydrogens (primary N) is 1. The summed E-state index contributed by atoms with van der Waals surface area (Å²) in [5.41, 5.74) is 10.1. The van der Waals surface area contributed by atoms with E-state index >= 15 is 0 Å². The van der Waals surface area contributed by atoms with Crippen LogP contribution in [0.5, 0.6) is 0 Å². The van der Waals surface area contributed by atoms with Crippen LogP contribution in [0.1, 0.15) is 24.8 Å². The van der Waals surface area contributed by atoms with Gasteiger partial charge in [0.05, 0.1) is 11.0 Å². The standard InChI is InChI=1S/C16H18N4/c1-2-11(9-17)12-5-6-14-15(8-12)20-16(19-14)13-4-3-7-18-10-13/h3-8,10-11H,2,9,17H2,1H3,(H,19,20). The van der Waals surface area contributed by atoms with Gasteiger partial charge in [-0.3, -0.25) is 4.98 Å². The average molecular weight is 266 g/mol. The fraction of sp³-hybridized carbons (Fsp3) is 0.250. The minimum atomic E-state index is 0.407. The number of aromatic amines is 1. The quantitative estimate of drug-likeness (QED) is 0.762. The second-order valence-corrected chi connectivity index (χ2v) is 4.94. The van der Waals surface area contributed by atoms with E-state index in [-0.39, 0.29) is 0 Å². The Hall–Kier alpha value is -2.20. The monoisotopic (exact) mass is 266 g/mol. The largest absolute Gasteiger partial charge is 0.338 e. The average Bonchev–Trinajstić information content (AvgIpc) is 2.93. The molecular formula is C16H18N4. The van der Waals surface area contributed by atoms with Crippen LogP contribution in [0.2, 0.25) is 0 Å². The molecule has 0 bridgehead atoms. The van der Waals surface area contributed by atoms with E-state index < -0.39 is 0 Å². The first kappa shape index (κ1) is 12.8. The fourth-order valence-corrected chi connectivity index (χ4v) is 2.46. The van der Waals surface area contributed by atoms with Gasteiger partial charge in [0.15, 0.2) is 0 Å². The maximum Gasteiger partial charge on any atom is 0.140 e. The van der Waals surface area contributed by atoms with Crippen molar-refractivity contribution in [2.75, 3.05) is 6.54 Å². The first-order valence-electron chi connectivity index (χ1n) is 6.92. The number of pyridine rings is 1. The van der Waals surface area contributed by atoms with Crippen molar-refractivity contribution < 1.29 is 0 Å². The molecule has 1 aromatic carbocycles. The molecular weight excluding hydrogens is 248 g/mol. The molecule has 3 aromatic rings. The van der Waals surface area contributed by atoms with Crippen molar-refractivity contribution >= 4 is 11.0 Å². The number of imidazole rings is 1. The number of fused-ring (bicyclic) bond motifs is 1. The van der Waals surface area contributed by atoms with Crippen molar-refractivity contribution in [3.8, 4) is 11.4 Å². The number of nitrogens with zero attached hydrogens (tertiary/aromatic N) is 2. The Bertz CT molecular complexity index is 699. The van der Waals surface area contributed by atoms with Crippen LogP contribution in [0.25, 0.3) is 22.4 Å². The van der Waals surface area contributed by atoms with E-state index in [1.54, 1.807) is 6.20 Å². The van der Waals surface area contributed by atoms with Crippen molar-refractivity contribution in [2.45, 2.75) is 19.3 Å². The van der Waals surface area contributed by atoms with Gasteiger partial charge in [-0.25, -0.2) is 4.98 Å². The van der Waals surface area contributed by atoms with Crippen LogP contribution < -0.4 is 5.73 Å². The molecule has 1 atom stereocenters. The van der Waals surface area contributed by atoms with Crippen molar-refractivity contribution in [2.24, 2.45) is 5.73 Å². The van der Waals surface area contributed by atoms with E-state index in [4.69, 9.17) is 5.73 Å². The highest BCUT2D eigenvalue weighted by Crippen LogP contribution is 2.24. The normalized spacial score (nSPS) is 12.7. The highest BCUT2D eigenvalue weighted by Gasteiger charge is 2.10. The second kappa shape index (κ2) is 5.43. The van der Waals surface area contributed by atoms with Gasteiger partial charge in [0.25, 0.3) is 0 Å². The summed E-state index contributed by atoms with van der Waals surface area (Å²) in [5, 5.41) is 0. The molecule has 3 N–H and O–H groups in total. The zero-order chi connectivity index (χ0) is 13.9. The van der Waals surface area contributed by atoms with Gasteiger partial charge in [0, 0.05) is 18.0 Å². The molecule has 0 radical (unpaired) electrons. The smallest absolute Gasteiger partial charge is 0.140 e. The second-order valence-electron chi connectivity index (χ2n) is 4.94. The number of benzene rings is 1. The minimum Gasteiger partial charge on any atom is -0.338 e. The van der Waals surface area contributed by atoms with Crippen molar-refractivity contribution in [1.29, 1.82) is 0 Å². The molecule has 2 heterocycles. The SMILES string of the molecule is CCC(CN)c1ccc2nc(-c3cccnc3)[nH]c2c1. The summed E-state index contributed by atoms with van der Waals surface area (Å²) in [5.74, 6) is 1.26. The van der Waals surface area contributed by atoms with E-state index in [2.05, 4.69) is 40.1 Å². The summed E-state index contributed by atoms with van der Waals surface area (Å²) >= 11 is 0. The van der Waals surface area contributed by atoms with E-state index in [9.17, 15) is 0 Å². The van der Waals surface area contributed by atoms with Gasteiger partial charge < -0.3 is 10.7 Å². The lowest BCUT2D eigenvalue weighted by Gasteiger charge is -2.11. The maximum atomic E-state index is 5.82. The molecule has 4 heteroatoms. The molecule has 0 aliphatic carbocycles. The third-order valence-corrected chi connectivity index (χ3v) is 3.69. The summed E-state index contributed by atoms with van der Waals surface area (Å²) in [6, 6.07) is 10.2. The van der Waals surface area contributed by atoms with Gasteiger partial charge in [-0.05, 0) is 48.7 Å². The molecule has 0 spiro atoms. The first-order chi connectivity index (χ1) is 9.81. The summed E-state index contributed by atoms with van der Waals surface area (Å²) in [4.78, 5) is 12.1. The van der Waals surface area contributed by atoms with Gasteiger partial charge in [0.1, 0.15) is 5.82 Å². The zero-order valence-corrected chi connectivity index (χ0v) is 11.5. The molecule has 0 amide bonds. The molecule has 3 rings (SSSR count). The van der Waals surface area contributed by atoms with E-state index in [0.29, 0.717) is 12.5 Å². The predicted octanol–water partition coefficient (Wildman–Crippen LogP) is 3.08. The molecule has 0 aliphatic rings. The maximum absolute atomic E-state index is 5.82. The lowest BCUT2D eigenvalue weighted by molar-refractivity contribution is 0.675. The van der Waals surface area contributed by atoms with Crippen LogP contribution in [0.15, 0.2) is 42.7 Å². The van der Waals surface area contributed by atoms with Gasteiger partial charge in [-0.1, -0.05) is 13.0 Å². The molecule has 0 aliphatic heterocycles. The number of rotatable bonds is 4. The van der Waals surface area contributed by atoms with Crippen LogP contribution >= 0.6 is 0 Å². The Morgan fingerprint density at radius 1 is 1.30 bits per heavy atom. The van der Waals surface area contributed by atoms with Gasteiger partial charge >= 0.3 is 0 Å². The van der Waals surface area contributed by atoms with Gasteiger partial charge in [-0.2, -0.15) is 0 Å². The summed E-state index contributed by atoms with van der Waals surface area (Å²) < 4.78 is 0. The lowest BCUT2D eigenvalue weighted by atomic mass is 9.96. The molecule has 0 fully saturated rings. The highest BCUT2D eigenvalue weighted by atomic mass is 14.9. The number of H-pyrrole nitrogens is 1. The first-order valence-corrected chi connectivity index (χ1v) is 6.92. The molecule has 0 saturated carbocycles. The molecule has 0 saturated heterocycles. The summed E-state index contributed by atoms with van der Waals surface area (Å²) in [6.07, 6.45) is 4.62. The third-order valence-electron chi connectivity index (χ3n) is 3.69. The highest BCUT2D eigenvalue weighted by molar-refractivity contribution is 5.80. The molecule has 20 heavy (non-hydrogen) atoms. The van der Waals surface area contributed by atoms with Gasteiger partial charge in [0.2, 0.25) is 0 Å². The summed E-state index contributed by atoms with van der Waals surface area (Å²) in [7, 11) is 0. The van der Waals surface area contributed by atoms with Crippen LogP contribution in [0, 0.1) is 0 Å². The summed E-state index contributed by atoms with van der Waals surface area (Å²) in [6.45, 7) is 2.83. The fourth-order valence-electron chi connectivity index (χ4n) is 2.46. The predicted molar refractivity (Wildman–Crippen MR) is 81.4 cm³/mol. The Balaban J connectivity index is 2.04. The van der Waals surface area contributed by atoms with Crippen molar-refractivity contribution in [1.82, 2.24) is 15.0 Å². The van der Waals surface area contributed by atoms with Crippen LogP contribution in [0.4, 0.5) is 0 Å². The van der Waals surface area contributed by atoms with Crippen molar-refractivity contribution in [3.63, 3.8) is 0 Å². The number of aromatic nitrogens is 3. The van der Waals surface area contributed by atoms with Gasteiger partial charge in [-0.15, -0.1) is 0 Å². The van der Waals surface area contributed by atoms with Crippen LogP contribution in [-0.4, -0.2) is 21.5 Å². The molecule has 1 unspecified atom stereocenters. The zero-order valence-electron chi connectivity index (χ0n) is 11.5. The number of nitrogens with one attached hydrogen (secondary N) is 1. The third kappa shape index (κ3) is 2.30. The number of hydrogen-bond acceptors (Lipinski definition) is 3. The van der Waals surface area contributed by atoms with Crippen LogP contribution in [-0.2, 0) is 0 Å². The Morgan fingerprint density at radius 3 is 2.90 bits per heavy atom. The Labute approximate surface area is 118 Å². The van der Waals surface area contributed by atoms with Crippen LogP contribution in [0.3, 0.4) is 0 Å². The topological polar surface area (TPSA) is 67.6 Å². The molecule has 102 valence electrons. The van der Waals surface area contributed by atoms with E-state index in [1.165, 1.54) is 5.56 Å². The molecule has 2 aromatic heterocycles. The van der Waals surface area contributed by atoms with E-state index in [1.807, 2.05) is 18.3 Å². The van der Waals surface area contributed by atoms with E-state index in [0.717, 1.165) is 28.8 Å². The number of hydrogen-bond donors (Lipinski definition) is 2. The molecule has 4 nitrogen and oxygen atoms in total. The van der Waals surface area contributed by atoms with Crippen molar-refractivity contribution in [3.05, 3.63) is 48.3 Å².